The van der Waals surface area contributed by atoms with E-state index in [4.69, 9.17) is 25.8 Å². The van der Waals surface area contributed by atoms with Crippen molar-refractivity contribution in [1.29, 1.82) is 0 Å². The zero-order valence-electron chi connectivity index (χ0n) is 16.0. The Morgan fingerprint density at radius 1 is 1.10 bits per heavy atom. The number of nitrogens with zero attached hydrogens (tertiary/aromatic N) is 1. The Kier molecular flexibility index (Phi) is 6.39. The maximum absolute atomic E-state index is 12.8. The van der Waals surface area contributed by atoms with Gasteiger partial charge in [0.15, 0.2) is 6.61 Å². The molecule has 0 bridgehead atoms. The summed E-state index contributed by atoms with van der Waals surface area (Å²) in [7, 11) is 2.69. The molecule has 152 valence electrons. The minimum atomic E-state index is -0.776. The molecule has 0 fully saturated rings. The fraction of sp³-hybridized carbons (Fsp3) is 0.286. The van der Waals surface area contributed by atoms with Crippen molar-refractivity contribution < 1.29 is 28.6 Å². The van der Waals surface area contributed by atoms with Gasteiger partial charge in [-0.2, -0.15) is 0 Å². The number of hydrogen-bond donors (Lipinski definition) is 0. The second-order valence-corrected chi connectivity index (χ2v) is 6.89. The van der Waals surface area contributed by atoms with Crippen LogP contribution in [0.4, 0.5) is 0 Å². The number of fused-ring (bicyclic) bond motifs is 1. The molecule has 0 aliphatic carbocycles. The summed E-state index contributed by atoms with van der Waals surface area (Å²) < 4.78 is 15.2. The van der Waals surface area contributed by atoms with E-state index >= 15 is 0 Å². The topological polar surface area (TPSA) is 82.1 Å². The Bertz CT molecular complexity index is 945. The van der Waals surface area contributed by atoms with Gasteiger partial charge in [-0.3, -0.25) is 4.79 Å². The molecule has 29 heavy (non-hydrogen) atoms. The lowest BCUT2D eigenvalue weighted by Crippen LogP contribution is -2.50. The van der Waals surface area contributed by atoms with Crippen molar-refractivity contribution in [2.75, 3.05) is 20.8 Å². The highest BCUT2D eigenvalue weighted by atomic mass is 35.5. The summed E-state index contributed by atoms with van der Waals surface area (Å²) in [6, 6.07) is 11.3. The second kappa shape index (κ2) is 8.96. The number of carbonyl (C=O) groups is 3. The van der Waals surface area contributed by atoms with Crippen LogP contribution in [0.5, 0.6) is 5.75 Å². The third-order valence-electron chi connectivity index (χ3n) is 4.75. The molecule has 0 saturated carbocycles. The van der Waals surface area contributed by atoms with Crippen LogP contribution in [-0.4, -0.2) is 49.6 Å². The number of esters is 2. The number of methoxy groups -OCH3 is 2. The largest absolute Gasteiger partial charge is 0.496 e. The first kappa shape index (κ1) is 20.7. The van der Waals surface area contributed by atoms with Crippen molar-refractivity contribution >= 4 is 29.4 Å². The molecule has 2 aromatic carbocycles. The summed E-state index contributed by atoms with van der Waals surface area (Å²) in [5, 5.41) is 0.336. The lowest BCUT2D eigenvalue weighted by molar-refractivity contribution is -0.155. The minimum Gasteiger partial charge on any atom is -0.496 e. The number of rotatable bonds is 5. The standard InChI is InChI=1S/C21H20ClNO6/c1-27-18-8-7-15(22)10-16(18)20(25)29-12-19(24)23-11-14-6-4-3-5-13(14)9-17(23)21(26)28-2/h3-8,10,17H,9,11-12H2,1-2H3/t17-/m0/s1. The van der Waals surface area contributed by atoms with E-state index in [2.05, 4.69) is 0 Å². The lowest BCUT2D eigenvalue weighted by atomic mass is 9.94. The monoisotopic (exact) mass is 417 g/mol. The molecule has 8 heteroatoms. The van der Waals surface area contributed by atoms with E-state index in [0.717, 1.165) is 11.1 Å². The van der Waals surface area contributed by atoms with E-state index < -0.39 is 30.5 Å². The fourth-order valence-electron chi connectivity index (χ4n) is 3.26. The fourth-order valence-corrected chi connectivity index (χ4v) is 3.43. The van der Waals surface area contributed by atoms with Gasteiger partial charge in [0.25, 0.3) is 5.91 Å². The molecule has 1 heterocycles. The van der Waals surface area contributed by atoms with Gasteiger partial charge in [0.2, 0.25) is 0 Å². The first-order valence-corrected chi connectivity index (χ1v) is 9.27. The normalized spacial score (nSPS) is 15.3. The Morgan fingerprint density at radius 3 is 2.52 bits per heavy atom. The van der Waals surface area contributed by atoms with Crippen LogP contribution in [0.2, 0.25) is 5.02 Å². The number of amides is 1. The van der Waals surface area contributed by atoms with E-state index in [9.17, 15) is 14.4 Å². The average molecular weight is 418 g/mol. The van der Waals surface area contributed by atoms with Crippen LogP contribution in [0.25, 0.3) is 0 Å². The van der Waals surface area contributed by atoms with Gasteiger partial charge in [0.1, 0.15) is 17.4 Å². The van der Waals surface area contributed by atoms with E-state index in [1.165, 1.54) is 31.3 Å². The smallest absolute Gasteiger partial charge is 0.342 e. The third-order valence-corrected chi connectivity index (χ3v) is 4.99. The van der Waals surface area contributed by atoms with Crippen molar-refractivity contribution in [1.82, 2.24) is 4.90 Å². The van der Waals surface area contributed by atoms with Gasteiger partial charge in [0.05, 0.1) is 14.2 Å². The quantitative estimate of drug-likeness (QED) is 0.695. The summed E-state index contributed by atoms with van der Waals surface area (Å²) >= 11 is 5.93. The van der Waals surface area contributed by atoms with Crippen LogP contribution < -0.4 is 4.74 Å². The van der Waals surface area contributed by atoms with Gasteiger partial charge >= 0.3 is 11.9 Å². The van der Waals surface area contributed by atoms with Crippen molar-refractivity contribution in [3.8, 4) is 5.75 Å². The summed E-state index contributed by atoms with van der Waals surface area (Å²) in [6.45, 7) is -0.295. The Morgan fingerprint density at radius 2 is 1.83 bits per heavy atom. The minimum absolute atomic E-state index is 0.112. The number of halogens is 1. The van der Waals surface area contributed by atoms with Crippen LogP contribution in [0.1, 0.15) is 21.5 Å². The Balaban J connectivity index is 1.74. The van der Waals surface area contributed by atoms with Crippen molar-refractivity contribution in [3.63, 3.8) is 0 Å². The third kappa shape index (κ3) is 4.51. The number of ether oxygens (including phenoxy) is 3. The predicted molar refractivity (Wildman–Crippen MR) is 105 cm³/mol. The Hall–Kier alpha value is -3.06. The molecule has 0 saturated heterocycles. The molecular weight excluding hydrogens is 398 g/mol. The van der Waals surface area contributed by atoms with Gasteiger partial charge < -0.3 is 19.1 Å². The van der Waals surface area contributed by atoms with Gasteiger partial charge in [-0.15, -0.1) is 0 Å². The maximum atomic E-state index is 12.8. The van der Waals surface area contributed by atoms with Crippen molar-refractivity contribution in [2.24, 2.45) is 0 Å². The van der Waals surface area contributed by atoms with Gasteiger partial charge in [-0.25, -0.2) is 9.59 Å². The van der Waals surface area contributed by atoms with Gasteiger partial charge in [-0.05, 0) is 29.3 Å². The lowest BCUT2D eigenvalue weighted by Gasteiger charge is -2.35. The van der Waals surface area contributed by atoms with E-state index in [-0.39, 0.29) is 17.9 Å². The average Bonchev–Trinajstić information content (AvgIpc) is 2.75. The first-order chi connectivity index (χ1) is 13.9. The molecule has 1 amide bonds. The summed E-state index contributed by atoms with van der Waals surface area (Å²) in [4.78, 5) is 38.8. The van der Waals surface area contributed by atoms with Crippen LogP contribution in [0.3, 0.4) is 0 Å². The summed E-state index contributed by atoms with van der Waals surface area (Å²) in [6.07, 6.45) is 0.338. The first-order valence-electron chi connectivity index (χ1n) is 8.89. The van der Waals surface area contributed by atoms with Gasteiger partial charge in [0, 0.05) is 18.0 Å². The zero-order chi connectivity index (χ0) is 21.0. The van der Waals surface area contributed by atoms with E-state index in [0.29, 0.717) is 11.4 Å². The summed E-state index contributed by atoms with van der Waals surface area (Å²) in [5.74, 6) is -1.48. The maximum Gasteiger partial charge on any atom is 0.342 e. The molecule has 0 spiro atoms. The molecular formula is C21H20ClNO6. The molecule has 0 aromatic heterocycles. The van der Waals surface area contributed by atoms with Crippen LogP contribution in [0.15, 0.2) is 42.5 Å². The molecule has 0 N–H and O–H groups in total. The highest BCUT2D eigenvalue weighted by Crippen LogP contribution is 2.25. The molecule has 7 nitrogen and oxygen atoms in total. The second-order valence-electron chi connectivity index (χ2n) is 6.45. The highest BCUT2D eigenvalue weighted by molar-refractivity contribution is 6.31. The molecule has 2 aromatic rings. The zero-order valence-corrected chi connectivity index (χ0v) is 16.8. The van der Waals surface area contributed by atoms with Crippen LogP contribution in [0, 0.1) is 0 Å². The number of benzene rings is 2. The van der Waals surface area contributed by atoms with Crippen molar-refractivity contribution in [3.05, 3.63) is 64.2 Å². The Labute approximate surface area is 173 Å². The SMILES string of the molecule is COC(=O)[C@@H]1Cc2ccccc2CN1C(=O)COC(=O)c1cc(Cl)ccc1OC. The molecule has 1 aliphatic heterocycles. The molecule has 3 rings (SSSR count). The predicted octanol–water partition coefficient (Wildman–Crippen LogP) is 2.63. The molecule has 0 radical (unpaired) electrons. The van der Waals surface area contributed by atoms with Crippen LogP contribution in [-0.2, 0) is 32.0 Å². The van der Waals surface area contributed by atoms with E-state index in [1.54, 1.807) is 6.07 Å². The number of hydrogen-bond acceptors (Lipinski definition) is 6. The highest BCUT2D eigenvalue weighted by Gasteiger charge is 2.35. The summed E-state index contributed by atoms with van der Waals surface area (Å²) in [5.41, 5.74) is 2.03. The molecule has 0 unspecified atom stereocenters. The molecule has 1 aliphatic rings. The van der Waals surface area contributed by atoms with Crippen molar-refractivity contribution in [2.45, 2.75) is 19.0 Å². The van der Waals surface area contributed by atoms with Gasteiger partial charge in [-0.1, -0.05) is 35.9 Å². The number of carbonyl (C=O) groups excluding carboxylic acids is 3. The molecule has 1 atom stereocenters. The van der Waals surface area contributed by atoms with Crippen LogP contribution >= 0.6 is 11.6 Å². The van der Waals surface area contributed by atoms with E-state index in [1.807, 2.05) is 24.3 Å².